The summed E-state index contributed by atoms with van der Waals surface area (Å²) in [6.45, 7) is 3.13. The van der Waals surface area contributed by atoms with Crippen LogP contribution in [0.25, 0.3) is 10.8 Å². The number of hydrogen-bond donors (Lipinski definition) is 0. The molecule has 2 rings (SSSR count). The Labute approximate surface area is 122 Å². The molecule has 0 saturated heterocycles. The van der Waals surface area contributed by atoms with Gasteiger partial charge in [0.15, 0.2) is 0 Å². The molecule has 1 aromatic carbocycles. The number of methoxy groups -OCH3 is 1. The van der Waals surface area contributed by atoms with Crippen LogP contribution >= 0.6 is 15.9 Å². The number of alkyl halides is 1. The van der Waals surface area contributed by atoms with Crippen molar-refractivity contribution >= 4 is 32.5 Å². The molecule has 2 aromatic rings. The minimum Gasteiger partial charge on any atom is -0.497 e. The van der Waals surface area contributed by atoms with E-state index in [1.807, 2.05) is 24.4 Å². The van der Waals surface area contributed by atoms with Gasteiger partial charge in [0.1, 0.15) is 11.6 Å². The van der Waals surface area contributed by atoms with Gasteiger partial charge in [-0.2, -0.15) is 0 Å². The van der Waals surface area contributed by atoms with E-state index in [4.69, 9.17) is 4.74 Å². The molecule has 0 spiro atoms. The molecular formula is C15H19BrN2O. The first kappa shape index (κ1) is 14.1. The topological polar surface area (TPSA) is 25.4 Å². The van der Waals surface area contributed by atoms with Crippen molar-refractivity contribution < 1.29 is 4.74 Å². The number of nitrogens with zero attached hydrogens (tertiary/aromatic N) is 2. The molecule has 0 bridgehead atoms. The zero-order chi connectivity index (χ0) is 13.8. The van der Waals surface area contributed by atoms with Crippen LogP contribution in [0.3, 0.4) is 0 Å². The summed E-state index contributed by atoms with van der Waals surface area (Å²) in [5, 5.41) is 2.32. The molecule has 102 valence electrons. The Bertz CT molecular complexity index is 557. The fraction of sp³-hybridized carbons (Fsp3) is 0.400. The standard InChI is InChI=1S/C15H19BrN2O/c1-11(16)7-9-18(2)15-14-10-13(19-3)5-4-12(14)6-8-17-15/h4-6,8,10-11H,7,9H2,1-3H3. The molecule has 0 aliphatic carbocycles. The van der Waals surface area contributed by atoms with E-state index in [0.29, 0.717) is 4.83 Å². The third-order valence-electron chi connectivity index (χ3n) is 3.18. The van der Waals surface area contributed by atoms with Crippen molar-refractivity contribution in [2.45, 2.75) is 18.2 Å². The predicted octanol–water partition coefficient (Wildman–Crippen LogP) is 3.85. The van der Waals surface area contributed by atoms with Crippen molar-refractivity contribution in [3.8, 4) is 5.75 Å². The molecule has 1 atom stereocenters. The summed E-state index contributed by atoms with van der Waals surface area (Å²) in [5.74, 6) is 1.87. The predicted molar refractivity (Wildman–Crippen MR) is 84.6 cm³/mol. The summed E-state index contributed by atoms with van der Waals surface area (Å²) in [5.41, 5.74) is 0. The van der Waals surface area contributed by atoms with Crippen LogP contribution in [0.1, 0.15) is 13.3 Å². The molecular weight excluding hydrogens is 304 g/mol. The summed E-state index contributed by atoms with van der Waals surface area (Å²) < 4.78 is 5.30. The molecule has 0 aliphatic heterocycles. The van der Waals surface area contributed by atoms with Crippen molar-refractivity contribution in [2.75, 3.05) is 25.6 Å². The quantitative estimate of drug-likeness (QED) is 0.782. The largest absolute Gasteiger partial charge is 0.497 e. The lowest BCUT2D eigenvalue weighted by atomic mass is 10.1. The molecule has 1 unspecified atom stereocenters. The Kier molecular flexibility index (Phi) is 4.64. The van der Waals surface area contributed by atoms with Gasteiger partial charge in [-0.3, -0.25) is 0 Å². The van der Waals surface area contributed by atoms with Gasteiger partial charge in [0, 0.05) is 30.0 Å². The number of fused-ring (bicyclic) bond motifs is 1. The second-order valence-electron chi connectivity index (χ2n) is 4.71. The van der Waals surface area contributed by atoms with Crippen LogP contribution in [0.2, 0.25) is 0 Å². The highest BCUT2D eigenvalue weighted by molar-refractivity contribution is 9.09. The molecule has 4 heteroatoms. The van der Waals surface area contributed by atoms with Gasteiger partial charge in [-0.25, -0.2) is 4.98 Å². The van der Waals surface area contributed by atoms with Crippen LogP contribution in [0, 0.1) is 0 Å². The molecule has 3 nitrogen and oxygen atoms in total. The van der Waals surface area contributed by atoms with Crippen molar-refractivity contribution in [1.29, 1.82) is 0 Å². The minimum atomic E-state index is 0.513. The van der Waals surface area contributed by atoms with Gasteiger partial charge in [0.25, 0.3) is 0 Å². The summed E-state index contributed by atoms with van der Waals surface area (Å²) >= 11 is 3.58. The number of anilines is 1. The van der Waals surface area contributed by atoms with E-state index in [0.717, 1.165) is 29.9 Å². The molecule has 1 aromatic heterocycles. The van der Waals surface area contributed by atoms with Gasteiger partial charge in [0.2, 0.25) is 0 Å². The second kappa shape index (κ2) is 6.24. The van der Waals surface area contributed by atoms with E-state index in [1.165, 1.54) is 5.39 Å². The SMILES string of the molecule is COc1ccc2ccnc(N(C)CCC(C)Br)c2c1. The molecule has 19 heavy (non-hydrogen) atoms. The normalized spacial score (nSPS) is 12.4. The van der Waals surface area contributed by atoms with E-state index in [2.05, 4.69) is 45.9 Å². The summed E-state index contributed by atoms with van der Waals surface area (Å²) in [6, 6.07) is 8.12. The first-order valence-electron chi connectivity index (χ1n) is 6.40. The van der Waals surface area contributed by atoms with Crippen LogP contribution < -0.4 is 9.64 Å². The van der Waals surface area contributed by atoms with E-state index in [9.17, 15) is 0 Å². The first-order valence-corrected chi connectivity index (χ1v) is 7.31. The average Bonchev–Trinajstić information content (AvgIpc) is 2.43. The Balaban J connectivity index is 2.35. The fourth-order valence-electron chi connectivity index (χ4n) is 2.04. The molecule has 0 aliphatic rings. The zero-order valence-electron chi connectivity index (χ0n) is 11.6. The summed E-state index contributed by atoms with van der Waals surface area (Å²) in [7, 11) is 3.77. The third kappa shape index (κ3) is 3.38. The molecule has 0 saturated carbocycles. The number of ether oxygens (including phenoxy) is 1. The number of aromatic nitrogens is 1. The van der Waals surface area contributed by atoms with E-state index in [1.54, 1.807) is 7.11 Å². The number of pyridine rings is 1. The highest BCUT2D eigenvalue weighted by atomic mass is 79.9. The lowest BCUT2D eigenvalue weighted by molar-refractivity contribution is 0.415. The van der Waals surface area contributed by atoms with Gasteiger partial charge in [0.05, 0.1) is 7.11 Å². The van der Waals surface area contributed by atoms with Crippen molar-refractivity contribution in [3.05, 3.63) is 30.5 Å². The number of halogens is 1. The van der Waals surface area contributed by atoms with Gasteiger partial charge in [-0.15, -0.1) is 0 Å². The number of hydrogen-bond acceptors (Lipinski definition) is 3. The van der Waals surface area contributed by atoms with Crippen LogP contribution in [-0.4, -0.2) is 30.5 Å². The minimum absolute atomic E-state index is 0.513. The number of rotatable bonds is 5. The van der Waals surface area contributed by atoms with Crippen molar-refractivity contribution in [3.63, 3.8) is 0 Å². The van der Waals surface area contributed by atoms with E-state index in [-0.39, 0.29) is 0 Å². The number of benzene rings is 1. The maximum atomic E-state index is 5.30. The van der Waals surface area contributed by atoms with Gasteiger partial charge < -0.3 is 9.64 Å². The maximum absolute atomic E-state index is 5.30. The Hall–Kier alpha value is -1.29. The zero-order valence-corrected chi connectivity index (χ0v) is 13.1. The van der Waals surface area contributed by atoms with Gasteiger partial charge >= 0.3 is 0 Å². The molecule has 0 amide bonds. The van der Waals surface area contributed by atoms with Crippen molar-refractivity contribution in [1.82, 2.24) is 4.98 Å². The molecule has 1 heterocycles. The second-order valence-corrected chi connectivity index (χ2v) is 6.28. The smallest absolute Gasteiger partial charge is 0.136 e. The third-order valence-corrected chi connectivity index (χ3v) is 3.63. The monoisotopic (exact) mass is 322 g/mol. The van der Waals surface area contributed by atoms with Crippen LogP contribution in [0.5, 0.6) is 5.75 Å². The van der Waals surface area contributed by atoms with E-state index < -0.39 is 0 Å². The summed E-state index contributed by atoms with van der Waals surface area (Å²) in [6.07, 6.45) is 2.94. The lowest BCUT2D eigenvalue weighted by Gasteiger charge is -2.20. The molecule has 0 radical (unpaired) electrons. The van der Waals surface area contributed by atoms with Gasteiger partial charge in [-0.1, -0.05) is 28.9 Å². The lowest BCUT2D eigenvalue weighted by Crippen LogP contribution is -2.21. The maximum Gasteiger partial charge on any atom is 0.136 e. The first-order chi connectivity index (χ1) is 9.11. The van der Waals surface area contributed by atoms with Gasteiger partial charge in [-0.05, 0) is 30.0 Å². The average molecular weight is 323 g/mol. The van der Waals surface area contributed by atoms with Crippen LogP contribution in [-0.2, 0) is 0 Å². The highest BCUT2D eigenvalue weighted by Crippen LogP contribution is 2.27. The molecule has 0 N–H and O–H groups in total. The Morgan fingerprint density at radius 2 is 2.16 bits per heavy atom. The van der Waals surface area contributed by atoms with E-state index >= 15 is 0 Å². The fourth-order valence-corrected chi connectivity index (χ4v) is 2.25. The Morgan fingerprint density at radius 1 is 1.37 bits per heavy atom. The van der Waals surface area contributed by atoms with Crippen LogP contribution in [0.15, 0.2) is 30.5 Å². The highest BCUT2D eigenvalue weighted by Gasteiger charge is 2.09. The Morgan fingerprint density at radius 3 is 2.84 bits per heavy atom. The van der Waals surface area contributed by atoms with Crippen LogP contribution in [0.4, 0.5) is 5.82 Å². The summed E-state index contributed by atoms with van der Waals surface area (Å²) in [4.78, 5) is 7.22. The van der Waals surface area contributed by atoms with Crippen molar-refractivity contribution in [2.24, 2.45) is 0 Å². The molecule has 0 fully saturated rings.